The monoisotopic (exact) mass is 220 g/mol. The van der Waals surface area contributed by atoms with E-state index in [1.165, 1.54) is 25.7 Å². The number of hydrogen-bond donors (Lipinski definition) is 0. The fourth-order valence-electron chi connectivity index (χ4n) is 6.00. The predicted octanol–water partition coefficient (Wildman–Crippen LogP) is 2.76. The first kappa shape index (κ1) is 9.49. The van der Waals surface area contributed by atoms with Crippen LogP contribution in [-0.4, -0.2) is 11.6 Å². The normalized spacial score (nSPS) is 59.9. The molecule has 2 bridgehead atoms. The number of hydrogen-bond acceptors (Lipinski definition) is 2. The summed E-state index contributed by atoms with van der Waals surface area (Å²) in [5.74, 6) is 3.37. The molecular formula is C14H20O2. The molecule has 4 aliphatic rings. The van der Waals surface area contributed by atoms with Crippen molar-refractivity contribution in [2.45, 2.75) is 51.6 Å². The van der Waals surface area contributed by atoms with Gasteiger partial charge in [-0.05, 0) is 49.9 Å². The molecule has 0 N–H and O–H groups in total. The van der Waals surface area contributed by atoms with Gasteiger partial charge in [-0.3, -0.25) is 4.79 Å². The highest BCUT2D eigenvalue weighted by atomic mass is 16.6. The van der Waals surface area contributed by atoms with Gasteiger partial charge in [0.05, 0.1) is 0 Å². The van der Waals surface area contributed by atoms with Crippen molar-refractivity contribution in [3.8, 4) is 0 Å². The van der Waals surface area contributed by atoms with E-state index in [4.69, 9.17) is 4.74 Å². The molecule has 0 saturated heterocycles. The van der Waals surface area contributed by atoms with Crippen LogP contribution in [0.3, 0.4) is 0 Å². The van der Waals surface area contributed by atoms with Gasteiger partial charge in [0.2, 0.25) is 0 Å². The van der Waals surface area contributed by atoms with Crippen molar-refractivity contribution in [1.82, 2.24) is 0 Å². The zero-order valence-electron chi connectivity index (χ0n) is 10.2. The van der Waals surface area contributed by atoms with E-state index in [2.05, 4.69) is 6.92 Å². The molecule has 4 aliphatic carbocycles. The van der Waals surface area contributed by atoms with Gasteiger partial charge in [0.25, 0.3) is 0 Å². The highest BCUT2D eigenvalue weighted by Gasteiger charge is 2.83. The first-order valence-electron chi connectivity index (χ1n) is 6.83. The Morgan fingerprint density at radius 1 is 1.31 bits per heavy atom. The third kappa shape index (κ3) is 0.733. The topological polar surface area (TPSA) is 26.3 Å². The minimum Gasteiger partial charge on any atom is -0.459 e. The highest BCUT2D eigenvalue weighted by molar-refractivity contribution is 5.70. The maximum atomic E-state index is 11.6. The van der Waals surface area contributed by atoms with Crippen molar-refractivity contribution in [1.29, 1.82) is 0 Å². The molecule has 0 radical (unpaired) electrons. The van der Waals surface area contributed by atoms with Crippen LogP contribution in [-0.2, 0) is 9.53 Å². The van der Waals surface area contributed by atoms with Gasteiger partial charge in [-0.25, -0.2) is 0 Å². The van der Waals surface area contributed by atoms with Gasteiger partial charge < -0.3 is 4.74 Å². The number of esters is 1. The summed E-state index contributed by atoms with van der Waals surface area (Å²) in [6.45, 7) is 4.10. The number of rotatable bonds is 2. The number of carbonyl (C=O) groups excluding carboxylic acids is 1. The molecule has 0 aromatic rings. The van der Waals surface area contributed by atoms with Crippen molar-refractivity contribution in [2.24, 2.45) is 29.1 Å². The number of carbonyl (C=O) groups is 1. The van der Waals surface area contributed by atoms with Crippen LogP contribution >= 0.6 is 0 Å². The van der Waals surface area contributed by atoms with Gasteiger partial charge in [0.15, 0.2) is 0 Å². The molecule has 0 heterocycles. The minimum atomic E-state index is -0.0846. The summed E-state index contributed by atoms with van der Waals surface area (Å²) in [7, 11) is 0. The van der Waals surface area contributed by atoms with Crippen LogP contribution in [0.2, 0.25) is 0 Å². The lowest BCUT2D eigenvalue weighted by atomic mass is 9.32. The van der Waals surface area contributed by atoms with Crippen LogP contribution in [0.5, 0.6) is 0 Å². The highest BCUT2D eigenvalue weighted by Crippen LogP contribution is 2.84. The Kier molecular flexibility index (Phi) is 1.48. The second-order valence-corrected chi connectivity index (χ2v) is 6.70. The molecule has 6 unspecified atom stereocenters. The van der Waals surface area contributed by atoms with Crippen molar-refractivity contribution in [3.63, 3.8) is 0 Å². The van der Waals surface area contributed by atoms with E-state index in [1.54, 1.807) is 0 Å². The minimum absolute atomic E-state index is 0.00331. The van der Waals surface area contributed by atoms with E-state index in [-0.39, 0.29) is 11.6 Å². The molecule has 2 nitrogen and oxygen atoms in total. The Balaban J connectivity index is 1.63. The number of ether oxygens (including phenoxy) is 1. The van der Waals surface area contributed by atoms with Crippen molar-refractivity contribution in [3.05, 3.63) is 0 Å². The van der Waals surface area contributed by atoms with E-state index in [0.717, 1.165) is 11.8 Å². The number of fused-ring (bicyclic) bond motifs is 1. The van der Waals surface area contributed by atoms with Crippen LogP contribution < -0.4 is 0 Å². The third-order valence-electron chi connectivity index (χ3n) is 6.41. The summed E-state index contributed by atoms with van der Waals surface area (Å²) >= 11 is 0. The molecular weight excluding hydrogens is 200 g/mol. The fourth-order valence-corrected chi connectivity index (χ4v) is 6.00. The van der Waals surface area contributed by atoms with Gasteiger partial charge in [0, 0.05) is 18.3 Å². The van der Waals surface area contributed by atoms with Crippen LogP contribution in [0.1, 0.15) is 46.0 Å². The average molecular weight is 220 g/mol. The second kappa shape index (κ2) is 2.49. The molecule has 4 rings (SSSR count). The molecule has 2 heteroatoms. The van der Waals surface area contributed by atoms with Crippen LogP contribution in [0.15, 0.2) is 0 Å². The smallest absolute Gasteiger partial charge is 0.306 e. The summed E-state index contributed by atoms with van der Waals surface area (Å²) in [5.41, 5.74) is 0.562. The molecule has 4 fully saturated rings. The van der Waals surface area contributed by atoms with Crippen LogP contribution in [0.4, 0.5) is 0 Å². The molecule has 0 aliphatic heterocycles. The van der Waals surface area contributed by atoms with Crippen molar-refractivity contribution >= 4 is 5.97 Å². The molecule has 16 heavy (non-hydrogen) atoms. The Labute approximate surface area is 96.7 Å². The van der Waals surface area contributed by atoms with Gasteiger partial charge in [0.1, 0.15) is 5.60 Å². The summed E-state index contributed by atoms with van der Waals surface area (Å²) in [6.07, 6.45) is 6.12. The summed E-state index contributed by atoms with van der Waals surface area (Å²) in [4.78, 5) is 11.6. The zero-order valence-corrected chi connectivity index (χ0v) is 10.2. The maximum Gasteiger partial charge on any atom is 0.306 e. The molecule has 6 atom stereocenters. The third-order valence-corrected chi connectivity index (χ3v) is 6.41. The van der Waals surface area contributed by atoms with Gasteiger partial charge in [-0.15, -0.1) is 0 Å². The first-order valence-corrected chi connectivity index (χ1v) is 6.83. The standard InChI is InChI=1S/C14H20O2/c1-3-12(15)16-13(2)10-5-8-4-9-6-11(13)14(9,10)7-8/h8-11H,3-7H2,1-2H3. The van der Waals surface area contributed by atoms with Crippen LogP contribution in [0.25, 0.3) is 0 Å². The van der Waals surface area contributed by atoms with Gasteiger partial charge in [-0.1, -0.05) is 6.92 Å². The Bertz CT molecular complexity index is 377. The van der Waals surface area contributed by atoms with E-state index in [9.17, 15) is 4.79 Å². The molecule has 0 amide bonds. The Morgan fingerprint density at radius 3 is 2.75 bits per heavy atom. The van der Waals surface area contributed by atoms with E-state index in [1.807, 2.05) is 6.92 Å². The molecule has 4 saturated carbocycles. The van der Waals surface area contributed by atoms with E-state index in [0.29, 0.717) is 23.7 Å². The SMILES string of the molecule is CCC(=O)OC1(C)C2CC3CC4CC1C42C3. The van der Waals surface area contributed by atoms with Crippen LogP contribution in [0, 0.1) is 29.1 Å². The van der Waals surface area contributed by atoms with Gasteiger partial charge >= 0.3 is 5.97 Å². The predicted molar refractivity (Wildman–Crippen MR) is 59.6 cm³/mol. The lowest BCUT2D eigenvalue weighted by molar-refractivity contribution is -0.319. The lowest BCUT2D eigenvalue weighted by Crippen LogP contribution is -2.75. The molecule has 88 valence electrons. The van der Waals surface area contributed by atoms with Crippen molar-refractivity contribution < 1.29 is 9.53 Å². The summed E-state index contributed by atoms with van der Waals surface area (Å²) < 4.78 is 5.80. The summed E-state index contributed by atoms with van der Waals surface area (Å²) in [6, 6.07) is 0. The van der Waals surface area contributed by atoms with Crippen molar-refractivity contribution in [2.75, 3.05) is 0 Å². The van der Waals surface area contributed by atoms with Gasteiger partial charge in [-0.2, -0.15) is 0 Å². The van der Waals surface area contributed by atoms with E-state index < -0.39 is 0 Å². The quantitative estimate of drug-likeness (QED) is 0.669. The maximum absolute atomic E-state index is 11.6. The summed E-state index contributed by atoms with van der Waals surface area (Å²) in [5, 5.41) is 0. The Morgan fingerprint density at radius 2 is 2.06 bits per heavy atom. The van der Waals surface area contributed by atoms with E-state index >= 15 is 0 Å². The largest absolute Gasteiger partial charge is 0.459 e. The lowest BCUT2D eigenvalue weighted by Gasteiger charge is -2.74. The molecule has 0 aromatic heterocycles. The second-order valence-electron chi connectivity index (χ2n) is 6.70. The Hall–Kier alpha value is -0.530. The zero-order chi connectivity index (χ0) is 11.1. The fraction of sp³-hybridized carbons (Fsp3) is 0.929. The average Bonchev–Trinajstić information content (AvgIpc) is 2.74. The first-order chi connectivity index (χ1) is 7.61. The molecule has 1 spiro atoms. The molecule has 0 aromatic carbocycles.